The van der Waals surface area contributed by atoms with Crippen LogP contribution in [0.1, 0.15) is 32.3 Å². The fraction of sp³-hybridized carbons (Fsp3) is 0.625. The van der Waals surface area contributed by atoms with Crippen LogP contribution in [0.25, 0.3) is 0 Å². The highest BCUT2D eigenvalue weighted by molar-refractivity contribution is 7.86. The molecule has 0 radical (unpaired) electrons. The van der Waals surface area contributed by atoms with Gasteiger partial charge in [-0.25, -0.2) is 0 Å². The maximum atomic E-state index is 12.2. The number of hydrogen-bond acceptors (Lipinski definition) is 5. The SMILES string of the molecule is Cc1ccc(S(=O)(=O)OC[C@H]2OC(C)(C)O[C@@H]2C2CC2)cc1. The van der Waals surface area contributed by atoms with Crippen molar-refractivity contribution in [1.82, 2.24) is 0 Å². The normalized spacial score (nSPS) is 28.0. The molecule has 6 heteroatoms. The van der Waals surface area contributed by atoms with Crippen LogP contribution in [0, 0.1) is 12.8 Å². The minimum absolute atomic E-state index is 0.0131. The number of ether oxygens (including phenoxy) is 2. The molecule has 1 aliphatic heterocycles. The molecular formula is C16H22O5S. The van der Waals surface area contributed by atoms with Crippen LogP contribution in [-0.2, 0) is 23.8 Å². The smallest absolute Gasteiger partial charge is 0.297 e. The van der Waals surface area contributed by atoms with E-state index >= 15 is 0 Å². The van der Waals surface area contributed by atoms with E-state index in [0.717, 1.165) is 18.4 Å². The third-order valence-electron chi connectivity index (χ3n) is 4.01. The quantitative estimate of drug-likeness (QED) is 0.779. The molecule has 5 nitrogen and oxygen atoms in total. The Hall–Kier alpha value is -0.950. The molecule has 1 heterocycles. The van der Waals surface area contributed by atoms with Crippen molar-refractivity contribution in [1.29, 1.82) is 0 Å². The summed E-state index contributed by atoms with van der Waals surface area (Å²) in [4.78, 5) is 0.166. The Morgan fingerprint density at radius 3 is 2.41 bits per heavy atom. The Bertz CT molecular complexity index is 631. The van der Waals surface area contributed by atoms with Crippen molar-refractivity contribution in [3.05, 3.63) is 29.8 Å². The third kappa shape index (κ3) is 3.51. The zero-order valence-electron chi connectivity index (χ0n) is 13.1. The summed E-state index contributed by atoms with van der Waals surface area (Å²) in [7, 11) is -3.77. The highest BCUT2D eigenvalue weighted by Gasteiger charge is 2.48. The van der Waals surface area contributed by atoms with Gasteiger partial charge in [-0.2, -0.15) is 8.42 Å². The molecule has 22 heavy (non-hydrogen) atoms. The van der Waals surface area contributed by atoms with Gasteiger partial charge in [0.1, 0.15) is 6.10 Å². The van der Waals surface area contributed by atoms with E-state index in [1.807, 2.05) is 20.8 Å². The summed E-state index contributed by atoms with van der Waals surface area (Å²) in [5, 5.41) is 0. The van der Waals surface area contributed by atoms with Gasteiger partial charge in [-0.05, 0) is 51.7 Å². The molecule has 0 bridgehead atoms. The summed E-state index contributed by atoms with van der Waals surface area (Å²) in [6.07, 6.45) is 1.78. The average molecular weight is 326 g/mol. The lowest BCUT2D eigenvalue weighted by molar-refractivity contribution is -0.149. The highest BCUT2D eigenvalue weighted by atomic mass is 32.2. The van der Waals surface area contributed by atoms with E-state index in [1.165, 1.54) is 0 Å². The molecule has 1 aromatic rings. The number of rotatable bonds is 5. The summed E-state index contributed by atoms with van der Waals surface area (Å²) in [5.74, 6) is -0.230. The lowest BCUT2D eigenvalue weighted by Gasteiger charge is -2.16. The molecule has 0 unspecified atom stereocenters. The fourth-order valence-corrected chi connectivity index (χ4v) is 3.66. The molecule has 2 atom stereocenters. The van der Waals surface area contributed by atoms with Gasteiger partial charge < -0.3 is 9.47 Å². The van der Waals surface area contributed by atoms with Crippen LogP contribution in [0.4, 0.5) is 0 Å². The van der Waals surface area contributed by atoms with E-state index in [4.69, 9.17) is 13.7 Å². The Morgan fingerprint density at radius 2 is 1.82 bits per heavy atom. The fourth-order valence-electron chi connectivity index (χ4n) is 2.75. The molecule has 2 fully saturated rings. The van der Waals surface area contributed by atoms with Crippen LogP contribution in [0.5, 0.6) is 0 Å². The molecule has 0 amide bonds. The summed E-state index contributed by atoms with van der Waals surface area (Å²) in [5.41, 5.74) is 1.00. The maximum Gasteiger partial charge on any atom is 0.297 e. The number of aryl methyl sites for hydroxylation is 1. The predicted octanol–water partition coefficient (Wildman–Crippen LogP) is 2.63. The molecule has 0 spiro atoms. The van der Waals surface area contributed by atoms with Crippen molar-refractivity contribution >= 4 is 10.1 Å². The number of hydrogen-bond donors (Lipinski definition) is 0. The summed E-state index contributed by atoms with van der Waals surface area (Å²) >= 11 is 0. The molecule has 0 aromatic heterocycles. The molecular weight excluding hydrogens is 304 g/mol. The summed E-state index contributed by atoms with van der Waals surface area (Å²) in [6.45, 7) is 5.58. The van der Waals surface area contributed by atoms with Crippen LogP contribution < -0.4 is 0 Å². The zero-order chi connectivity index (χ0) is 16.0. The molecule has 0 N–H and O–H groups in total. The Balaban J connectivity index is 1.67. The summed E-state index contributed by atoms with van der Waals surface area (Å²) < 4.78 is 41.4. The van der Waals surface area contributed by atoms with E-state index < -0.39 is 15.9 Å². The lowest BCUT2D eigenvalue weighted by atomic mass is 10.1. The second-order valence-corrected chi connectivity index (χ2v) is 8.14. The van der Waals surface area contributed by atoms with Gasteiger partial charge in [0.15, 0.2) is 5.79 Å². The second kappa shape index (κ2) is 5.60. The zero-order valence-corrected chi connectivity index (χ0v) is 13.9. The second-order valence-electron chi connectivity index (χ2n) is 6.53. The predicted molar refractivity (Wildman–Crippen MR) is 80.9 cm³/mol. The first-order valence-corrected chi connectivity index (χ1v) is 8.99. The summed E-state index contributed by atoms with van der Waals surface area (Å²) in [6, 6.07) is 6.61. The topological polar surface area (TPSA) is 61.8 Å². The van der Waals surface area contributed by atoms with Crippen LogP contribution in [-0.4, -0.2) is 33.0 Å². The van der Waals surface area contributed by atoms with E-state index in [1.54, 1.807) is 24.3 Å². The molecule has 2 aliphatic rings. The average Bonchev–Trinajstić information content (AvgIpc) is 3.22. The van der Waals surface area contributed by atoms with Gasteiger partial charge in [0.05, 0.1) is 17.6 Å². The van der Waals surface area contributed by atoms with Gasteiger partial charge in [0.25, 0.3) is 10.1 Å². The van der Waals surface area contributed by atoms with Crippen LogP contribution in [0.2, 0.25) is 0 Å². The van der Waals surface area contributed by atoms with Gasteiger partial charge in [-0.1, -0.05) is 17.7 Å². The molecule has 122 valence electrons. The van der Waals surface area contributed by atoms with Crippen LogP contribution >= 0.6 is 0 Å². The number of benzene rings is 1. The standard InChI is InChI=1S/C16H22O5S/c1-11-4-8-13(9-5-11)22(17,18)19-10-14-15(12-6-7-12)21-16(2,3)20-14/h4-5,8-9,12,14-15H,6-7,10H2,1-3H3/t14-,15-/m1/s1. The van der Waals surface area contributed by atoms with Crippen molar-refractivity contribution < 1.29 is 22.1 Å². The first kappa shape index (κ1) is 15.9. The van der Waals surface area contributed by atoms with E-state index in [9.17, 15) is 8.42 Å². The van der Waals surface area contributed by atoms with E-state index in [-0.39, 0.29) is 23.7 Å². The van der Waals surface area contributed by atoms with Gasteiger partial charge in [-0.15, -0.1) is 0 Å². The Morgan fingerprint density at radius 1 is 1.18 bits per heavy atom. The minimum atomic E-state index is -3.77. The van der Waals surface area contributed by atoms with Crippen LogP contribution in [0.3, 0.4) is 0 Å². The molecule has 1 aliphatic carbocycles. The Kier molecular flexibility index (Phi) is 4.05. The molecule has 3 rings (SSSR count). The van der Waals surface area contributed by atoms with Gasteiger partial charge in [0, 0.05) is 0 Å². The highest BCUT2D eigenvalue weighted by Crippen LogP contribution is 2.43. The van der Waals surface area contributed by atoms with E-state index in [0.29, 0.717) is 5.92 Å². The lowest BCUT2D eigenvalue weighted by Crippen LogP contribution is -2.30. The molecule has 1 saturated heterocycles. The van der Waals surface area contributed by atoms with Crippen LogP contribution in [0.15, 0.2) is 29.2 Å². The van der Waals surface area contributed by atoms with Crippen molar-refractivity contribution in [2.75, 3.05) is 6.61 Å². The van der Waals surface area contributed by atoms with Crippen molar-refractivity contribution in [3.63, 3.8) is 0 Å². The van der Waals surface area contributed by atoms with Gasteiger partial charge in [-0.3, -0.25) is 4.18 Å². The third-order valence-corrected chi connectivity index (χ3v) is 5.30. The van der Waals surface area contributed by atoms with E-state index in [2.05, 4.69) is 0 Å². The Labute approximate surface area is 131 Å². The first-order chi connectivity index (χ1) is 10.3. The monoisotopic (exact) mass is 326 g/mol. The van der Waals surface area contributed by atoms with Crippen molar-refractivity contribution in [2.45, 2.75) is 56.5 Å². The van der Waals surface area contributed by atoms with Gasteiger partial charge in [0.2, 0.25) is 0 Å². The molecule has 1 saturated carbocycles. The first-order valence-electron chi connectivity index (χ1n) is 7.59. The maximum absolute atomic E-state index is 12.2. The van der Waals surface area contributed by atoms with Crippen molar-refractivity contribution in [2.24, 2.45) is 5.92 Å². The minimum Gasteiger partial charge on any atom is -0.344 e. The molecule has 1 aromatic carbocycles. The van der Waals surface area contributed by atoms with Crippen molar-refractivity contribution in [3.8, 4) is 0 Å². The van der Waals surface area contributed by atoms with Gasteiger partial charge >= 0.3 is 0 Å². The largest absolute Gasteiger partial charge is 0.344 e.